The van der Waals surface area contributed by atoms with E-state index in [0.29, 0.717) is 6.61 Å². The fraction of sp³-hybridized carbons (Fsp3) is 0.500. The van der Waals surface area contributed by atoms with E-state index in [1.165, 1.54) is 0 Å². The minimum Gasteiger partial charge on any atom is -0.486 e. The predicted molar refractivity (Wildman–Crippen MR) is 69.1 cm³/mol. The van der Waals surface area contributed by atoms with Gasteiger partial charge >= 0.3 is 0 Å². The van der Waals surface area contributed by atoms with Crippen LogP contribution in [0.4, 0.5) is 0 Å². The molecule has 0 heterocycles. The molecule has 0 aliphatic rings. The van der Waals surface area contributed by atoms with Gasteiger partial charge in [-0.2, -0.15) is 0 Å². The summed E-state index contributed by atoms with van der Waals surface area (Å²) < 4.78 is 12.0. The molecule has 1 aromatic carbocycles. The van der Waals surface area contributed by atoms with Gasteiger partial charge in [-0.05, 0) is 31.7 Å². The molecule has 0 aromatic heterocycles. The highest BCUT2D eigenvalue weighted by Gasteiger charge is 2.11. The van der Waals surface area contributed by atoms with Crippen LogP contribution in [0, 0.1) is 6.92 Å². The third-order valence-electron chi connectivity index (χ3n) is 2.23. The van der Waals surface area contributed by atoms with Crippen LogP contribution in [0.25, 0.3) is 0 Å². The van der Waals surface area contributed by atoms with Crippen molar-refractivity contribution in [2.45, 2.75) is 13.0 Å². The van der Waals surface area contributed by atoms with Crippen molar-refractivity contribution in [3.8, 4) is 5.75 Å². The average molecular weight is 288 g/mol. The smallest absolute Gasteiger partial charge is 0.134 e. The van der Waals surface area contributed by atoms with Crippen LogP contribution >= 0.6 is 15.9 Å². The van der Waals surface area contributed by atoms with Crippen LogP contribution in [0.2, 0.25) is 0 Å². The van der Waals surface area contributed by atoms with E-state index in [0.717, 1.165) is 22.3 Å². The first-order valence-corrected chi connectivity index (χ1v) is 6.03. The van der Waals surface area contributed by atoms with Gasteiger partial charge < -0.3 is 14.8 Å². The second-order valence-electron chi connectivity index (χ2n) is 3.66. The van der Waals surface area contributed by atoms with E-state index in [2.05, 4.69) is 21.2 Å². The molecule has 3 nitrogen and oxygen atoms in total. The number of benzene rings is 1. The lowest BCUT2D eigenvalue weighted by Crippen LogP contribution is -2.33. The molecule has 0 spiro atoms. The maximum Gasteiger partial charge on any atom is 0.134 e. The molecular weight excluding hydrogens is 270 g/mol. The minimum atomic E-state index is 0.0306. The lowest BCUT2D eigenvalue weighted by Gasteiger charge is -2.19. The number of ether oxygens (including phenoxy) is 2. The number of hydrogen-bond acceptors (Lipinski definition) is 3. The zero-order valence-corrected chi connectivity index (χ0v) is 11.5. The van der Waals surface area contributed by atoms with Gasteiger partial charge in [-0.15, -0.1) is 0 Å². The molecule has 0 bridgehead atoms. The van der Waals surface area contributed by atoms with E-state index in [1.807, 2.05) is 32.2 Å². The van der Waals surface area contributed by atoms with Crippen molar-refractivity contribution in [3.05, 3.63) is 28.2 Å². The van der Waals surface area contributed by atoms with Gasteiger partial charge in [0, 0.05) is 18.1 Å². The third-order valence-corrected chi connectivity index (χ3v) is 2.72. The Morgan fingerprint density at radius 1 is 1.44 bits per heavy atom. The maximum absolute atomic E-state index is 5.89. The van der Waals surface area contributed by atoms with E-state index in [9.17, 15) is 0 Å². The molecule has 0 aliphatic heterocycles. The van der Waals surface area contributed by atoms with E-state index in [-0.39, 0.29) is 6.10 Å². The van der Waals surface area contributed by atoms with Crippen LogP contribution < -0.4 is 10.1 Å². The fourth-order valence-electron chi connectivity index (χ4n) is 1.43. The Hall–Kier alpha value is -0.580. The van der Waals surface area contributed by atoms with Crippen molar-refractivity contribution < 1.29 is 9.47 Å². The van der Waals surface area contributed by atoms with E-state index < -0.39 is 0 Å². The van der Waals surface area contributed by atoms with Crippen molar-refractivity contribution >= 4 is 15.9 Å². The van der Waals surface area contributed by atoms with Gasteiger partial charge in [-0.25, -0.2) is 0 Å². The Bertz CT molecular complexity index is 325. The number of aryl methyl sites for hydroxylation is 1. The molecule has 90 valence electrons. The number of likely N-dealkylation sites (N-methyl/N-ethyl adjacent to an activating group) is 1. The molecule has 0 radical (unpaired) electrons. The number of rotatable bonds is 6. The summed E-state index contributed by atoms with van der Waals surface area (Å²) in [4.78, 5) is 0. The molecule has 16 heavy (non-hydrogen) atoms. The predicted octanol–water partition coefficient (Wildman–Crippen LogP) is 2.37. The molecule has 1 rings (SSSR count). The van der Waals surface area contributed by atoms with Crippen LogP contribution in [-0.2, 0) is 4.74 Å². The lowest BCUT2D eigenvalue weighted by atomic mass is 10.2. The van der Waals surface area contributed by atoms with Crippen LogP contribution in [0.5, 0.6) is 5.75 Å². The first-order valence-electron chi connectivity index (χ1n) is 5.23. The summed E-state index contributed by atoms with van der Waals surface area (Å²) in [6, 6.07) is 6.02. The topological polar surface area (TPSA) is 30.5 Å². The first-order chi connectivity index (χ1) is 7.67. The molecule has 1 atom stereocenters. The normalized spacial score (nSPS) is 12.5. The van der Waals surface area contributed by atoms with Crippen LogP contribution in [0.3, 0.4) is 0 Å². The molecule has 0 amide bonds. The van der Waals surface area contributed by atoms with Crippen molar-refractivity contribution in [1.82, 2.24) is 5.32 Å². The van der Waals surface area contributed by atoms with Crippen LogP contribution in [-0.4, -0.2) is 33.4 Å². The van der Waals surface area contributed by atoms with E-state index >= 15 is 0 Å². The highest BCUT2D eigenvalue weighted by atomic mass is 79.9. The number of halogens is 1. The van der Waals surface area contributed by atoms with Crippen molar-refractivity contribution in [1.29, 1.82) is 0 Å². The van der Waals surface area contributed by atoms with Crippen LogP contribution in [0.15, 0.2) is 22.7 Å². The molecule has 1 unspecified atom stereocenters. The summed E-state index contributed by atoms with van der Waals surface area (Å²) in [5.74, 6) is 0.895. The maximum atomic E-state index is 5.89. The molecule has 1 aromatic rings. The van der Waals surface area contributed by atoms with Crippen molar-refractivity contribution in [2.24, 2.45) is 0 Å². The molecule has 1 N–H and O–H groups in total. The molecule has 0 fully saturated rings. The highest BCUT2D eigenvalue weighted by molar-refractivity contribution is 9.10. The standard InChI is InChI=1S/C12H18BrNO2/c1-9-4-5-10(13)6-12(9)16-11(7-14-2)8-15-3/h4-6,11,14H,7-8H2,1-3H3. The molecule has 0 saturated carbocycles. The first kappa shape index (κ1) is 13.5. The molecule has 0 aliphatic carbocycles. The van der Waals surface area contributed by atoms with Crippen molar-refractivity contribution in [3.63, 3.8) is 0 Å². The Morgan fingerprint density at radius 3 is 2.81 bits per heavy atom. The van der Waals surface area contributed by atoms with Crippen LogP contribution in [0.1, 0.15) is 5.56 Å². The second-order valence-corrected chi connectivity index (χ2v) is 4.58. The summed E-state index contributed by atoms with van der Waals surface area (Å²) in [6.45, 7) is 3.37. The van der Waals surface area contributed by atoms with Gasteiger partial charge in [0.05, 0.1) is 6.61 Å². The zero-order chi connectivity index (χ0) is 12.0. The van der Waals surface area contributed by atoms with Gasteiger partial charge in [-0.3, -0.25) is 0 Å². The summed E-state index contributed by atoms with van der Waals surface area (Å²) in [6.07, 6.45) is 0.0306. The number of methoxy groups -OCH3 is 1. The summed E-state index contributed by atoms with van der Waals surface area (Å²) >= 11 is 3.44. The monoisotopic (exact) mass is 287 g/mol. The van der Waals surface area contributed by atoms with Crippen molar-refractivity contribution in [2.75, 3.05) is 27.3 Å². The van der Waals surface area contributed by atoms with Gasteiger partial charge in [0.25, 0.3) is 0 Å². The SMILES string of the molecule is CNCC(COC)Oc1cc(Br)ccc1C. The molecule has 4 heteroatoms. The van der Waals surface area contributed by atoms with E-state index in [1.54, 1.807) is 7.11 Å². The number of nitrogens with one attached hydrogen (secondary N) is 1. The Morgan fingerprint density at radius 2 is 2.19 bits per heavy atom. The Labute approximate surface area is 105 Å². The lowest BCUT2D eigenvalue weighted by molar-refractivity contribution is 0.0813. The van der Waals surface area contributed by atoms with Gasteiger partial charge in [-0.1, -0.05) is 22.0 Å². The largest absolute Gasteiger partial charge is 0.486 e. The molecule has 0 saturated heterocycles. The second kappa shape index (κ2) is 6.89. The quantitative estimate of drug-likeness (QED) is 0.871. The Kier molecular flexibility index (Phi) is 5.80. The van der Waals surface area contributed by atoms with Gasteiger partial charge in [0.15, 0.2) is 0 Å². The summed E-state index contributed by atoms with van der Waals surface area (Å²) in [7, 11) is 3.58. The molecular formula is C12H18BrNO2. The van der Waals surface area contributed by atoms with Gasteiger partial charge in [0.2, 0.25) is 0 Å². The fourth-order valence-corrected chi connectivity index (χ4v) is 1.77. The minimum absolute atomic E-state index is 0.0306. The average Bonchev–Trinajstić information content (AvgIpc) is 2.24. The Balaban J connectivity index is 2.71. The highest BCUT2D eigenvalue weighted by Crippen LogP contribution is 2.23. The zero-order valence-electron chi connectivity index (χ0n) is 9.92. The van der Waals surface area contributed by atoms with Gasteiger partial charge in [0.1, 0.15) is 11.9 Å². The third kappa shape index (κ3) is 4.12. The van der Waals surface area contributed by atoms with E-state index in [4.69, 9.17) is 9.47 Å². The number of hydrogen-bond donors (Lipinski definition) is 1. The summed E-state index contributed by atoms with van der Waals surface area (Å²) in [5.41, 5.74) is 1.13. The summed E-state index contributed by atoms with van der Waals surface area (Å²) in [5, 5.41) is 3.09.